The lowest BCUT2D eigenvalue weighted by molar-refractivity contribution is -0.136. The monoisotopic (exact) mass is 355 g/mol. The molecule has 1 atom stereocenters. The van der Waals surface area contributed by atoms with Crippen LogP contribution in [0.25, 0.3) is 0 Å². The van der Waals surface area contributed by atoms with E-state index in [-0.39, 0.29) is 6.61 Å². The average molecular weight is 355 g/mol. The van der Waals surface area contributed by atoms with Crippen molar-refractivity contribution in [1.29, 1.82) is 0 Å². The molecule has 0 radical (unpaired) electrons. The van der Waals surface area contributed by atoms with Gasteiger partial charge in [-0.2, -0.15) is 0 Å². The van der Waals surface area contributed by atoms with E-state index in [0.29, 0.717) is 28.4 Å². The van der Waals surface area contributed by atoms with Crippen LogP contribution >= 0.6 is 0 Å². The molecule has 2 aliphatic heterocycles. The third-order valence-electron chi connectivity index (χ3n) is 4.89. The predicted molar refractivity (Wildman–Crippen MR) is 93.4 cm³/mol. The number of fused-ring (bicyclic) bond motifs is 1. The van der Waals surface area contributed by atoms with E-state index in [1.165, 1.54) is 11.6 Å². The molecule has 0 saturated heterocycles. The molecule has 0 saturated carbocycles. The van der Waals surface area contributed by atoms with Crippen molar-refractivity contribution in [1.82, 2.24) is 9.13 Å². The second-order valence-electron chi connectivity index (χ2n) is 6.27. The summed E-state index contributed by atoms with van der Waals surface area (Å²) in [4.78, 5) is 37.5. The van der Waals surface area contributed by atoms with E-state index in [1.807, 2.05) is 0 Å². The van der Waals surface area contributed by atoms with E-state index >= 15 is 0 Å². The fourth-order valence-electron chi connectivity index (χ4n) is 3.51. The van der Waals surface area contributed by atoms with Crippen LogP contribution < -0.4 is 21.3 Å². The van der Waals surface area contributed by atoms with E-state index in [0.717, 1.165) is 10.1 Å². The highest BCUT2D eigenvalue weighted by Gasteiger charge is 2.41. The zero-order chi connectivity index (χ0) is 18.6. The molecule has 26 heavy (non-hydrogen) atoms. The number of esters is 1. The van der Waals surface area contributed by atoms with Crippen molar-refractivity contribution in [2.45, 2.75) is 5.92 Å². The molecule has 134 valence electrons. The number of carbonyl (C=O) groups excluding carboxylic acids is 1. The van der Waals surface area contributed by atoms with Crippen LogP contribution in [0.1, 0.15) is 17.0 Å². The van der Waals surface area contributed by atoms with Crippen LogP contribution in [0.15, 0.2) is 45.1 Å². The maximum atomic E-state index is 12.9. The molecule has 1 aromatic heterocycles. The average Bonchev–Trinajstić information content (AvgIpc) is 3.04. The first-order chi connectivity index (χ1) is 12.4. The van der Waals surface area contributed by atoms with Gasteiger partial charge in [-0.3, -0.25) is 13.9 Å². The normalized spacial score (nSPS) is 18.1. The molecule has 0 unspecified atom stereocenters. The summed E-state index contributed by atoms with van der Waals surface area (Å²) in [5.74, 6) is -0.0297. The number of rotatable bonds is 2. The number of methoxy groups -OCH3 is 1. The molecule has 2 aliphatic rings. The van der Waals surface area contributed by atoms with Gasteiger partial charge in [-0.15, -0.1) is 0 Å². The van der Waals surface area contributed by atoms with E-state index in [4.69, 9.17) is 9.47 Å². The van der Waals surface area contributed by atoms with Gasteiger partial charge >= 0.3 is 11.7 Å². The molecule has 8 nitrogen and oxygen atoms in total. The Morgan fingerprint density at radius 2 is 1.81 bits per heavy atom. The Kier molecular flexibility index (Phi) is 3.50. The first kappa shape index (κ1) is 16.2. The van der Waals surface area contributed by atoms with Crippen LogP contribution in [0.5, 0.6) is 5.75 Å². The summed E-state index contributed by atoms with van der Waals surface area (Å²) < 4.78 is 12.8. The number of hydrogen-bond acceptors (Lipinski definition) is 6. The van der Waals surface area contributed by atoms with Gasteiger partial charge in [-0.25, -0.2) is 9.59 Å². The Labute approximate surface area is 148 Å². The molecule has 2 aromatic rings. The number of cyclic esters (lactones) is 1. The minimum atomic E-state index is -0.618. The Balaban J connectivity index is 2.03. The maximum Gasteiger partial charge on any atom is 0.337 e. The summed E-state index contributed by atoms with van der Waals surface area (Å²) in [7, 11) is 4.57. The summed E-state index contributed by atoms with van der Waals surface area (Å²) in [5, 5.41) is 3.05. The molecule has 0 bridgehead atoms. The fourth-order valence-corrected chi connectivity index (χ4v) is 3.51. The second-order valence-corrected chi connectivity index (χ2v) is 6.27. The summed E-state index contributed by atoms with van der Waals surface area (Å²) in [6.07, 6.45) is 0. The third-order valence-corrected chi connectivity index (χ3v) is 4.89. The van der Waals surface area contributed by atoms with Gasteiger partial charge in [0.2, 0.25) is 0 Å². The number of nitrogens with zero attached hydrogens (tertiary/aromatic N) is 2. The maximum absolute atomic E-state index is 12.9. The van der Waals surface area contributed by atoms with Crippen molar-refractivity contribution in [3.8, 4) is 5.75 Å². The molecule has 3 heterocycles. The van der Waals surface area contributed by atoms with Crippen LogP contribution in [-0.4, -0.2) is 28.8 Å². The lowest BCUT2D eigenvalue weighted by Crippen LogP contribution is -2.43. The van der Waals surface area contributed by atoms with Crippen LogP contribution in [0.2, 0.25) is 0 Å². The second kappa shape index (κ2) is 5.62. The number of ether oxygens (including phenoxy) is 2. The summed E-state index contributed by atoms with van der Waals surface area (Å²) in [5.41, 5.74) is 1.18. The Hall–Kier alpha value is -3.29. The van der Waals surface area contributed by atoms with Crippen molar-refractivity contribution in [3.05, 3.63) is 67.5 Å². The lowest BCUT2D eigenvalue weighted by atomic mass is 9.82. The van der Waals surface area contributed by atoms with Gasteiger partial charge in [0.25, 0.3) is 5.56 Å². The standard InChI is InChI=1S/C18H17N3O5/c1-20-15-14(16(22)21(2)18(20)24)12(9-4-6-10(25-3)7-5-9)13-11(19-15)8-26-17(13)23/h4-7,12,19H,8H2,1-3H3/t12-/m1/s1. The van der Waals surface area contributed by atoms with Gasteiger partial charge in [-0.1, -0.05) is 12.1 Å². The number of hydrogen-bond donors (Lipinski definition) is 1. The highest BCUT2D eigenvalue weighted by Crippen LogP contribution is 2.42. The topological polar surface area (TPSA) is 91.6 Å². The molecular formula is C18H17N3O5. The van der Waals surface area contributed by atoms with Crippen molar-refractivity contribution < 1.29 is 14.3 Å². The van der Waals surface area contributed by atoms with Crippen LogP contribution in [-0.2, 0) is 23.6 Å². The molecular weight excluding hydrogens is 338 g/mol. The van der Waals surface area contributed by atoms with Gasteiger partial charge in [0.05, 0.1) is 29.9 Å². The molecule has 1 N–H and O–H groups in total. The zero-order valence-corrected chi connectivity index (χ0v) is 14.5. The smallest absolute Gasteiger partial charge is 0.337 e. The summed E-state index contributed by atoms with van der Waals surface area (Å²) >= 11 is 0. The Morgan fingerprint density at radius 3 is 2.46 bits per heavy atom. The Bertz CT molecular complexity index is 1080. The largest absolute Gasteiger partial charge is 0.497 e. The SMILES string of the molecule is COc1ccc([C@@H]2C3=C(COC3=O)Nc3c2c(=O)n(C)c(=O)n3C)cc1. The number of nitrogens with one attached hydrogen (secondary N) is 1. The molecule has 0 aliphatic carbocycles. The first-order valence-electron chi connectivity index (χ1n) is 8.05. The number of anilines is 1. The van der Waals surface area contributed by atoms with E-state index in [9.17, 15) is 14.4 Å². The quantitative estimate of drug-likeness (QED) is 0.787. The molecule has 0 amide bonds. The van der Waals surface area contributed by atoms with E-state index < -0.39 is 23.1 Å². The van der Waals surface area contributed by atoms with Crippen molar-refractivity contribution in [3.63, 3.8) is 0 Å². The molecule has 0 spiro atoms. The minimum absolute atomic E-state index is 0.0870. The highest BCUT2D eigenvalue weighted by molar-refractivity contribution is 5.96. The van der Waals surface area contributed by atoms with Crippen LogP contribution in [0.3, 0.4) is 0 Å². The highest BCUT2D eigenvalue weighted by atomic mass is 16.5. The molecule has 4 rings (SSSR count). The fraction of sp³-hybridized carbons (Fsp3) is 0.278. The molecule has 1 aromatic carbocycles. The van der Waals surface area contributed by atoms with Crippen molar-refractivity contribution in [2.75, 3.05) is 19.0 Å². The summed E-state index contributed by atoms with van der Waals surface area (Å²) in [6.45, 7) is 0.0870. The first-order valence-corrected chi connectivity index (χ1v) is 8.05. The van der Waals surface area contributed by atoms with E-state index in [2.05, 4.69) is 5.32 Å². The van der Waals surface area contributed by atoms with Gasteiger partial charge in [0, 0.05) is 14.1 Å². The lowest BCUT2D eigenvalue weighted by Gasteiger charge is -2.28. The predicted octanol–water partition coefficient (Wildman–Crippen LogP) is 0.461. The van der Waals surface area contributed by atoms with Gasteiger partial charge in [0.15, 0.2) is 0 Å². The zero-order valence-electron chi connectivity index (χ0n) is 14.5. The Morgan fingerprint density at radius 1 is 1.12 bits per heavy atom. The van der Waals surface area contributed by atoms with Crippen molar-refractivity contribution >= 4 is 11.8 Å². The minimum Gasteiger partial charge on any atom is -0.497 e. The number of carbonyl (C=O) groups is 1. The molecule has 0 fully saturated rings. The van der Waals surface area contributed by atoms with Crippen LogP contribution in [0.4, 0.5) is 5.82 Å². The third kappa shape index (κ3) is 2.11. The number of aromatic nitrogens is 2. The van der Waals surface area contributed by atoms with Crippen molar-refractivity contribution in [2.24, 2.45) is 14.1 Å². The van der Waals surface area contributed by atoms with Crippen LogP contribution in [0, 0.1) is 0 Å². The summed E-state index contributed by atoms with van der Waals surface area (Å²) in [6, 6.07) is 7.15. The number of benzene rings is 1. The van der Waals surface area contributed by atoms with Gasteiger partial charge in [0.1, 0.15) is 18.2 Å². The van der Waals surface area contributed by atoms with Gasteiger partial charge < -0.3 is 14.8 Å². The van der Waals surface area contributed by atoms with E-state index in [1.54, 1.807) is 38.4 Å². The van der Waals surface area contributed by atoms with Gasteiger partial charge in [-0.05, 0) is 17.7 Å². The molecule has 8 heteroatoms.